The first kappa shape index (κ1) is 30.6. The number of nitrogens with one attached hydrogen (secondary N) is 2. The van der Waals surface area contributed by atoms with Crippen LogP contribution in [0.4, 0.5) is 16.0 Å². The molecule has 4 aliphatic heterocycles. The van der Waals surface area contributed by atoms with E-state index in [0.717, 1.165) is 50.3 Å². The molecule has 3 amide bonds. The van der Waals surface area contributed by atoms with E-state index in [1.807, 2.05) is 6.07 Å². The summed E-state index contributed by atoms with van der Waals surface area (Å²) >= 11 is 5.85. The Balaban J connectivity index is 0.892. The Bertz CT molecular complexity index is 1610. The number of alkyl halides is 1. The topological polar surface area (TPSA) is 111 Å². The van der Waals surface area contributed by atoms with Crippen molar-refractivity contribution < 1.29 is 18.8 Å². The number of amides is 3. The predicted octanol–water partition coefficient (Wildman–Crippen LogP) is 4.30. The average molecular weight is 646 g/mol. The zero-order valence-electron chi connectivity index (χ0n) is 25.5. The van der Waals surface area contributed by atoms with Crippen molar-refractivity contribution in [1.29, 1.82) is 0 Å². The molecule has 3 saturated heterocycles. The molecule has 5 heterocycles. The molecule has 0 spiro atoms. The van der Waals surface area contributed by atoms with Crippen molar-refractivity contribution in [3.63, 3.8) is 0 Å². The number of anilines is 2. The summed E-state index contributed by atoms with van der Waals surface area (Å²) in [5.41, 5.74) is 5.12. The second kappa shape index (κ2) is 13.0. The van der Waals surface area contributed by atoms with E-state index in [0.29, 0.717) is 48.4 Å². The molecule has 2 N–H and O–H groups in total. The molecule has 0 saturated carbocycles. The SMILES string of the molecule is O=C1CCC(N2Cc3cc(C4CCN(Cc5ccc(N6CC[C@@H](Nc7ncc(Cl)cn7)[C@H](F)C6)cc5)CC4)ccc3C2=O)C(=O)N1. The number of halogens is 2. The number of piperidine rings is 3. The third-order valence-corrected chi connectivity index (χ3v) is 9.99. The molecule has 1 aromatic heterocycles. The third kappa shape index (κ3) is 6.43. The van der Waals surface area contributed by atoms with Crippen LogP contribution in [0.5, 0.6) is 0 Å². The maximum atomic E-state index is 15.1. The number of rotatable bonds is 7. The summed E-state index contributed by atoms with van der Waals surface area (Å²) in [6, 6.07) is 13.7. The molecule has 0 aliphatic carbocycles. The monoisotopic (exact) mass is 645 g/mol. The molecule has 0 bridgehead atoms. The van der Waals surface area contributed by atoms with Crippen molar-refractivity contribution in [3.8, 4) is 0 Å². The highest BCUT2D eigenvalue weighted by Gasteiger charge is 2.39. The summed E-state index contributed by atoms with van der Waals surface area (Å²) in [5.74, 6) is 0.0147. The predicted molar refractivity (Wildman–Crippen MR) is 172 cm³/mol. The number of benzene rings is 2. The van der Waals surface area contributed by atoms with E-state index in [1.165, 1.54) is 23.5 Å². The van der Waals surface area contributed by atoms with Gasteiger partial charge in [-0.3, -0.25) is 24.6 Å². The van der Waals surface area contributed by atoms with Gasteiger partial charge in [-0.2, -0.15) is 0 Å². The molecular weight excluding hydrogens is 609 g/mol. The number of hydrogen-bond donors (Lipinski definition) is 2. The zero-order chi connectivity index (χ0) is 31.8. The van der Waals surface area contributed by atoms with Crippen LogP contribution in [-0.2, 0) is 22.7 Å². The summed E-state index contributed by atoms with van der Waals surface area (Å²) < 4.78 is 15.1. The highest BCUT2D eigenvalue weighted by molar-refractivity contribution is 6.30. The van der Waals surface area contributed by atoms with Gasteiger partial charge in [0, 0.05) is 37.3 Å². The maximum Gasteiger partial charge on any atom is 0.255 e. The first-order valence-electron chi connectivity index (χ1n) is 16.0. The van der Waals surface area contributed by atoms with E-state index < -0.39 is 12.2 Å². The highest BCUT2D eigenvalue weighted by atomic mass is 35.5. The number of carbonyl (C=O) groups excluding carboxylic acids is 3. The van der Waals surface area contributed by atoms with Gasteiger partial charge in [-0.25, -0.2) is 14.4 Å². The number of aromatic nitrogens is 2. The van der Waals surface area contributed by atoms with Gasteiger partial charge in [0.1, 0.15) is 12.2 Å². The quantitative estimate of drug-likeness (QED) is 0.366. The zero-order valence-corrected chi connectivity index (χ0v) is 26.3. The van der Waals surface area contributed by atoms with Gasteiger partial charge in [0.05, 0.1) is 30.0 Å². The normalized spacial score (nSPS) is 24.2. The lowest BCUT2D eigenvalue weighted by atomic mass is 9.87. The third-order valence-electron chi connectivity index (χ3n) is 9.79. The van der Waals surface area contributed by atoms with Gasteiger partial charge in [-0.1, -0.05) is 35.9 Å². The smallest absolute Gasteiger partial charge is 0.255 e. The van der Waals surface area contributed by atoms with Crippen LogP contribution >= 0.6 is 11.6 Å². The molecule has 7 rings (SSSR count). The molecule has 3 fully saturated rings. The number of carbonyl (C=O) groups is 3. The minimum Gasteiger partial charge on any atom is -0.368 e. The van der Waals surface area contributed by atoms with Crippen LogP contribution < -0.4 is 15.5 Å². The second-order valence-corrected chi connectivity index (χ2v) is 13.2. The van der Waals surface area contributed by atoms with Crippen LogP contribution in [0.25, 0.3) is 0 Å². The summed E-state index contributed by atoms with van der Waals surface area (Å²) in [4.78, 5) is 51.4. The lowest BCUT2D eigenvalue weighted by Gasteiger charge is -2.36. The standard InChI is InChI=1S/C34H37ClFN7O3/c35-25-16-37-34(38-17-25)39-29-11-14-42(20-28(29)36)26-4-1-21(2-5-26)18-41-12-9-22(10-13-41)23-3-6-27-24(15-23)19-43(33(27)46)30-7-8-31(44)40-32(30)45/h1-6,15-17,22,28-30H,7-14,18-20H2,(H,37,38,39)(H,40,44,45)/t28-,29-,30?/m1/s1. The fourth-order valence-corrected chi connectivity index (χ4v) is 7.30. The number of nitrogens with zero attached hydrogens (tertiary/aromatic N) is 5. The first-order valence-corrected chi connectivity index (χ1v) is 16.4. The van der Waals surface area contributed by atoms with E-state index in [2.05, 4.69) is 66.8 Å². The summed E-state index contributed by atoms with van der Waals surface area (Å²) in [7, 11) is 0. The van der Waals surface area contributed by atoms with Gasteiger partial charge in [-0.05, 0) is 79.6 Å². The van der Waals surface area contributed by atoms with Crippen molar-refractivity contribution in [2.24, 2.45) is 0 Å². The van der Waals surface area contributed by atoms with Crippen molar-refractivity contribution in [1.82, 2.24) is 25.1 Å². The Morgan fingerprint density at radius 2 is 1.72 bits per heavy atom. The van der Waals surface area contributed by atoms with Crippen molar-refractivity contribution in [3.05, 3.63) is 82.1 Å². The number of likely N-dealkylation sites (tertiary alicyclic amines) is 1. The molecule has 12 heteroatoms. The van der Waals surface area contributed by atoms with Crippen molar-refractivity contribution in [2.45, 2.75) is 69.4 Å². The van der Waals surface area contributed by atoms with E-state index >= 15 is 4.39 Å². The van der Waals surface area contributed by atoms with Crippen LogP contribution in [0.2, 0.25) is 5.02 Å². The summed E-state index contributed by atoms with van der Waals surface area (Å²) in [6.07, 6.45) is 5.28. The van der Waals surface area contributed by atoms with E-state index in [1.54, 1.807) is 4.90 Å². The fourth-order valence-electron chi connectivity index (χ4n) is 7.20. The van der Waals surface area contributed by atoms with Crippen LogP contribution in [0.1, 0.15) is 65.1 Å². The summed E-state index contributed by atoms with van der Waals surface area (Å²) in [6.45, 7) is 4.28. The molecular formula is C34H37ClFN7O3. The Morgan fingerprint density at radius 1 is 0.957 bits per heavy atom. The number of fused-ring (bicyclic) bond motifs is 1. The summed E-state index contributed by atoms with van der Waals surface area (Å²) in [5, 5.41) is 5.91. The minimum absolute atomic E-state index is 0.132. The molecule has 4 aliphatic rings. The molecule has 10 nitrogen and oxygen atoms in total. The molecule has 3 atom stereocenters. The Hall–Kier alpha value is -4.09. The molecule has 46 heavy (non-hydrogen) atoms. The van der Waals surface area contributed by atoms with E-state index in [4.69, 9.17) is 11.6 Å². The molecule has 1 unspecified atom stereocenters. The number of imide groups is 1. The Labute approximate surface area is 272 Å². The average Bonchev–Trinajstić information content (AvgIpc) is 3.39. The minimum atomic E-state index is -1.05. The highest BCUT2D eigenvalue weighted by Crippen LogP contribution is 2.34. The molecule has 0 radical (unpaired) electrons. The van der Waals surface area contributed by atoms with Gasteiger partial charge in [0.15, 0.2) is 0 Å². The lowest BCUT2D eigenvalue weighted by molar-refractivity contribution is -0.136. The second-order valence-electron chi connectivity index (χ2n) is 12.8. The van der Waals surface area contributed by atoms with Crippen LogP contribution in [-0.4, -0.2) is 81.9 Å². The van der Waals surface area contributed by atoms with Gasteiger partial charge >= 0.3 is 0 Å². The van der Waals surface area contributed by atoms with Crippen LogP contribution in [0.3, 0.4) is 0 Å². The van der Waals surface area contributed by atoms with Crippen molar-refractivity contribution >= 4 is 41.0 Å². The van der Waals surface area contributed by atoms with Gasteiger partial charge in [0.2, 0.25) is 17.8 Å². The first-order chi connectivity index (χ1) is 22.3. The lowest BCUT2D eigenvalue weighted by Crippen LogP contribution is -2.52. The van der Waals surface area contributed by atoms with Gasteiger partial charge in [-0.15, -0.1) is 0 Å². The molecule has 240 valence electrons. The van der Waals surface area contributed by atoms with Gasteiger partial charge in [0.25, 0.3) is 5.91 Å². The maximum absolute atomic E-state index is 15.1. The molecule has 2 aromatic carbocycles. The Morgan fingerprint density at radius 3 is 2.43 bits per heavy atom. The van der Waals surface area contributed by atoms with Gasteiger partial charge < -0.3 is 15.1 Å². The number of hydrogen-bond acceptors (Lipinski definition) is 8. The van der Waals surface area contributed by atoms with Crippen LogP contribution in [0, 0.1) is 0 Å². The fraction of sp³-hybridized carbons (Fsp3) is 0.441. The Kier molecular flexibility index (Phi) is 8.61. The van der Waals surface area contributed by atoms with Crippen molar-refractivity contribution in [2.75, 3.05) is 36.4 Å². The van der Waals surface area contributed by atoms with Crippen LogP contribution in [0.15, 0.2) is 54.9 Å². The molecule has 3 aromatic rings. The van der Waals surface area contributed by atoms with E-state index in [9.17, 15) is 14.4 Å². The largest absolute Gasteiger partial charge is 0.368 e. The van der Waals surface area contributed by atoms with E-state index in [-0.39, 0.29) is 30.2 Å².